The van der Waals surface area contributed by atoms with Gasteiger partial charge >= 0.3 is 0 Å². The van der Waals surface area contributed by atoms with E-state index in [1.54, 1.807) is 0 Å². The molecule has 0 fully saturated rings. The van der Waals surface area contributed by atoms with Gasteiger partial charge in [-0.25, -0.2) is 0 Å². The molecule has 2 heterocycles. The summed E-state index contributed by atoms with van der Waals surface area (Å²) in [6.07, 6.45) is 5.54. The molecule has 0 aliphatic heterocycles. The minimum Gasteiger partial charge on any atom is -0.264 e. The van der Waals surface area contributed by atoms with Crippen molar-refractivity contribution in [3.63, 3.8) is 0 Å². The van der Waals surface area contributed by atoms with Gasteiger partial charge in [0, 0.05) is 29.4 Å². The Morgan fingerprint density at radius 2 is 1.87 bits per heavy atom. The number of hydrogen-bond donors (Lipinski definition) is 0. The molecule has 0 amide bonds. The van der Waals surface area contributed by atoms with Gasteiger partial charge in [0.2, 0.25) is 0 Å². The number of fused-ring (bicyclic) bond motifs is 3. The van der Waals surface area contributed by atoms with Crippen LogP contribution in [0, 0.1) is 0 Å². The van der Waals surface area contributed by atoms with Crippen molar-refractivity contribution in [1.29, 1.82) is 0 Å². The Kier molecular flexibility index (Phi) is 1.54. The SMILES string of the molecule is C=c1nccc2c1=C(C)c1cnccc1-2. The lowest BCUT2D eigenvalue weighted by molar-refractivity contribution is 1.23. The summed E-state index contributed by atoms with van der Waals surface area (Å²) in [6.45, 7) is 6.07. The van der Waals surface area contributed by atoms with E-state index in [1.807, 2.05) is 30.7 Å². The van der Waals surface area contributed by atoms with Crippen molar-refractivity contribution in [2.45, 2.75) is 6.92 Å². The number of hydrogen-bond acceptors (Lipinski definition) is 2. The van der Waals surface area contributed by atoms with Crippen LogP contribution in [0.2, 0.25) is 0 Å². The largest absolute Gasteiger partial charge is 0.264 e. The van der Waals surface area contributed by atoms with Crippen molar-refractivity contribution in [2.24, 2.45) is 0 Å². The van der Waals surface area contributed by atoms with Crippen LogP contribution in [0.4, 0.5) is 0 Å². The molecule has 3 rings (SSSR count). The fourth-order valence-corrected chi connectivity index (χ4v) is 2.21. The molecule has 2 nitrogen and oxygen atoms in total. The Labute approximate surface area is 87.6 Å². The highest BCUT2D eigenvalue weighted by Crippen LogP contribution is 2.28. The standard InChI is InChI=1S/C13H10N2/c1-8-12-7-14-5-3-10(12)11-4-6-15-9(2)13(8)11/h3-7H,2H2,1H3. The molecule has 0 saturated carbocycles. The van der Waals surface area contributed by atoms with Gasteiger partial charge in [-0.1, -0.05) is 6.58 Å². The molecule has 0 bridgehead atoms. The molecule has 0 atom stereocenters. The molecule has 0 saturated heterocycles. The van der Waals surface area contributed by atoms with Crippen molar-refractivity contribution in [3.8, 4) is 11.1 Å². The fraction of sp³-hybridized carbons (Fsp3) is 0.0769. The summed E-state index contributed by atoms with van der Waals surface area (Å²) in [5.74, 6) is 0. The first-order valence-electron chi connectivity index (χ1n) is 4.88. The van der Waals surface area contributed by atoms with Gasteiger partial charge in [-0.05, 0) is 35.8 Å². The summed E-state index contributed by atoms with van der Waals surface area (Å²) in [6, 6.07) is 4.09. The average molecular weight is 194 g/mol. The summed E-state index contributed by atoms with van der Waals surface area (Å²) in [5, 5.41) is 2.02. The van der Waals surface area contributed by atoms with Crippen LogP contribution in [0.5, 0.6) is 0 Å². The van der Waals surface area contributed by atoms with Crippen LogP contribution in [-0.2, 0) is 0 Å². The van der Waals surface area contributed by atoms with Crippen LogP contribution >= 0.6 is 0 Å². The smallest absolute Gasteiger partial charge is 0.0639 e. The lowest BCUT2D eigenvalue weighted by atomic mass is 10.1. The Morgan fingerprint density at radius 1 is 1.07 bits per heavy atom. The average Bonchev–Trinajstić information content (AvgIpc) is 2.55. The molecule has 72 valence electrons. The Hall–Kier alpha value is -1.96. The molecule has 0 spiro atoms. The van der Waals surface area contributed by atoms with Gasteiger partial charge in [-0.3, -0.25) is 9.97 Å². The van der Waals surface area contributed by atoms with Crippen LogP contribution in [-0.4, -0.2) is 9.97 Å². The first-order valence-corrected chi connectivity index (χ1v) is 4.88. The predicted octanol–water partition coefficient (Wildman–Crippen LogP) is 1.09. The molecule has 0 N–H and O–H groups in total. The van der Waals surface area contributed by atoms with Crippen molar-refractivity contribution < 1.29 is 0 Å². The molecule has 2 aromatic rings. The second-order valence-corrected chi connectivity index (χ2v) is 3.73. The molecule has 15 heavy (non-hydrogen) atoms. The molecule has 2 aromatic heterocycles. The van der Waals surface area contributed by atoms with Gasteiger partial charge in [0.15, 0.2) is 0 Å². The van der Waals surface area contributed by atoms with Gasteiger partial charge in [0.1, 0.15) is 0 Å². The third kappa shape index (κ3) is 0.988. The minimum atomic E-state index is 0.848. The number of pyridine rings is 2. The van der Waals surface area contributed by atoms with Gasteiger partial charge in [0.25, 0.3) is 0 Å². The van der Waals surface area contributed by atoms with E-state index in [9.17, 15) is 0 Å². The van der Waals surface area contributed by atoms with E-state index in [0.717, 1.165) is 5.35 Å². The summed E-state index contributed by atoms with van der Waals surface area (Å²) >= 11 is 0. The van der Waals surface area contributed by atoms with Crippen molar-refractivity contribution in [2.75, 3.05) is 0 Å². The molecule has 1 aliphatic carbocycles. The second kappa shape index (κ2) is 2.76. The quantitative estimate of drug-likeness (QED) is 0.627. The summed E-state index contributed by atoms with van der Waals surface area (Å²) in [7, 11) is 0. The molecule has 0 unspecified atom stereocenters. The third-order valence-corrected chi connectivity index (χ3v) is 2.92. The molecule has 0 radical (unpaired) electrons. The topological polar surface area (TPSA) is 25.8 Å². The van der Waals surface area contributed by atoms with Gasteiger partial charge in [-0.15, -0.1) is 0 Å². The van der Waals surface area contributed by atoms with E-state index >= 15 is 0 Å². The van der Waals surface area contributed by atoms with Crippen molar-refractivity contribution in [3.05, 3.63) is 46.9 Å². The first-order chi connectivity index (χ1) is 7.29. The van der Waals surface area contributed by atoms with Gasteiger partial charge in [0.05, 0.1) is 5.35 Å². The second-order valence-electron chi connectivity index (χ2n) is 3.73. The highest BCUT2D eigenvalue weighted by Gasteiger charge is 2.16. The lowest BCUT2D eigenvalue weighted by Crippen LogP contribution is -2.27. The number of rotatable bonds is 0. The van der Waals surface area contributed by atoms with E-state index in [0.29, 0.717) is 0 Å². The van der Waals surface area contributed by atoms with E-state index in [4.69, 9.17) is 0 Å². The predicted molar refractivity (Wildman–Crippen MR) is 60.4 cm³/mol. The zero-order valence-electron chi connectivity index (χ0n) is 8.49. The van der Waals surface area contributed by atoms with E-state index in [1.165, 1.54) is 27.5 Å². The maximum atomic E-state index is 4.23. The van der Waals surface area contributed by atoms with Crippen LogP contribution in [0.25, 0.3) is 23.3 Å². The van der Waals surface area contributed by atoms with Crippen LogP contribution in [0.3, 0.4) is 0 Å². The molecule has 1 aliphatic rings. The fourth-order valence-electron chi connectivity index (χ4n) is 2.21. The van der Waals surface area contributed by atoms with Crippen molar-refractivity contribution in [1.82, 2.24) is 9.97 Å². The van der Waals surface area contributed by atoms with Gasteiger partial charge in [-0.2, -0.15) is 0 Å². The Morgan fingerprint density at radius 3 is 2.73 bits per heavy atom. The van der Waals surface area contributed by atoms with E-state index < -0.39 is 0 Å². The van der Waals surface area contributed by atoms with Gasteiger partial charge < -0.3 is 0 Å². The van der Waals surface area contributed by atoms with Crippen molar-refractivity contribution >= 4 is 12.2 Å². The van der Waals surface area contributed by atoms with Crippen LogP contribution in [0.15, 0.2) is 30.7 Å². The maximum absolute atomic E-state index is 4.23. The summed E-state index contributed by atoms with van der Waals surface area (Å²) in [5.41, 5.74) is 4.89. The zero-order chi connectivity index (χ0) is 10.4. The number of aromatic nitrogens is 2. The summed E-state index contributed by atoms with van der Waals surface area (Å²) < 4.78 is 0. The minimum absolute atomic E-state index is 0.848. The molecular formula is C13H10N2. The highest BCUT2D eigenvalue weighted by molar-refractivity contribution is 5.87. The Bertz CT molecular complexity index is 656. The highest BCUT2D eigenvalue weighted by atomic mass is 14.6. The Balaban J connectivity index is 2.58. The monoisotopic (exact) mass is 194 g/mol. The molecule has 0 aromatic carbocycles. The maximum Gasteiger partial charge on any atom is 0.0639 e. The third-order valence-electron chi connectivity index (χ3n) is 2.92. The van der Waals surface area contributed by atoms with Crippen LogP contribution < -0.4 is 10.6 Å². The molecule has 2 heteroatoms. The first kappa shape index (κ1) is 8.36. The normalized spacial score (nSPS) is 12.5. The summed E-state index contributed by atoms with van der Waals surface area (Å²) in [4.78, 5) is 8.39. The van der Waals surface area contributed by atoms with E-state index in [2.05, 4.69) is 23.5 Å². The van der Waals surface area contributed by atoms with Crippen LogP contribution in [0.1, 0.15) is 12.5 Å². The lowest BCUT2D eigenvalue weighted by Gasteiger charge is -1.99. The zero-order valence-corrected chi connectivity index (χ0v) is 8.49. The van der Waals surface area contributed by atoms with E-state index in [-0.39, 0.29) is 0 Å². The molecular weight excluding hydrogens is 184 g/mol. The number of nitrogens with zero attached hydrogens (tertiary/aromatic N) is 2.